The van der Waals surface area contributed by atoms with Crippen LogP contribution in [0.25, 0.3) is 60.5 Å². The molecule has 1 aliphatic carbocycles. The molecule has 0 saturated carbocycles. The van der Waals surface area contributed by atoms with Crippen LogP contribution in [0.3, 0.4) is 0 Å². The first-order valence-electron chi connectivity index (χ1n) is 21.1. The molecule has 1 aliphatic rings. The summed E-state index contributed by atoms with van der Waals surface area (Å²) >= 11 is 3.53. The molecule has 62 heavy (non-hydrogen) atoms. The molecule has 0 saturated heterocycles. The molecular formula is C57H41N3S2. The van der Waals surface area contributed by atoms with Crippen molar-refractivity contribution in [3.05, 3.63) is 222 Å². The first kappa shape index (κ1) is 36.7. The maximum Gasteiger partial charge on any atom is 0.0999 e. The van der Waals surface area contributed by atoms with Gasteiger partial charge in [-0.1, -0.05) is 117 Å². The minimum Gasteiger partial charge on any atom is -0.309 e. The third-order valence-corrected chi connectivity index (χ3v) is 14.4. The molecule has 0 aliphatic heterocycles. The molecule has 11 aromatic rings. The average molecular weight is 832 g/mol. The smallest absolute Gasteiger partial charge is 0.0999 e. The topological polar surface area (TPSA) is 11.4 Å². The molecule has 296 valence electrons. The van der Waals surface area contributed by atoms with E-state index in [0.29, 0.717) is 0 Å². The van der Waals surface area contributed by atoms with E-state index in [1.807, 2.05) is 0 Å². The Balaban J connectivity index is 1.10. The molecule has 0 N–H and O–H groups in total. The maximum atomic E-state index is 2.46. The fraction of sp³-hybridized carbons (Fsp3) is 0.0526. The number of benzene rings is 8. The van der Waals surface area contributed by atoms with Crippen LogP contribution in [-0.4, -0.2) is 4.57 Å². The third-order valence-electron chi connectivity index (χ3n) is 12.7. The van der Waals surface area contributed by atoms with Crippen molar-refractivity contribution in [2.24, 2.45) is 0 Å². The number of hydrogen-bond donors (Lipinski definition) is 0. The van der Waals surface area contributed by atoms with E-state index in [0.717, 1.165) is 49.6 Å². The van der Waals surface area contributed by atoms with Crippen LogP contribution in [0.5, 0.6) is 0 Å². The van der Waals surface area contributed by atoms with Crippen molar-refractivity contribution in [3.63, 3.8) is 0 Å². The minimum absolute atomic E-state index is 0.129. The van der Waals surface area contributed by atoms with Crippen LogP contribution in [0.1, 0.15) is 25.0 Å². The van der Waals surface area contributed by atoms with Crippen LogP contribution in [0.15, 0.2) is 211 Å². The summed E-state index contributed by atoms with van der Waals surface area (Å²) in [5.41, 5.74) is 15.6. The first-order chi connectivity index (χ1) is 30.5. The van der Waals surface area contributed by atoms with Gasteiger partial charge in [0.2, 0.25) is 0 Å². The van der Waals surface area contributed by atoms with E-state index in [1.165, 1.54) is 54.8 Å². The van der Waals surface area contributed by atoms with Crippen molar-refractivity contribution in [1.29, 1.82) is 0 Å². The summed E-state index contributed by atoms with van der Waals surface area (Å²) in [6.07, 6.45) is 0. The zero-order valence-corrected chi connectivity index (χ0v) is 36.0. The Kier molecular flexibility index (Phi) is 8.56. The van der Waals surface area contributed by atoms with Crippen molar-refractivity contribution in [3.8, 4) is 27.9 Å². The highest BCUT2D eigenvalue weighted by molar-refractivity contribution is 7.14. The second-order valence-electron chi connectivity index (χ2n) is 16.7. The monoisotopic (exact) mass is 831 g/mol. The summed E-state index contributed by atoms with van der Waals surface area (Å²) in [5, 5.41) is 11.6. The number of hydrogen-bond acceptors (Lipinski definition) is 4. The van der Waals surface area contributed by atoms with Gasteiger partial charge in [0.05, 0.1) is 21.0 Å². The van der Waals surface area contributed by atoms with Crippen LogP contribution >= 0.6 is 22.7 Å². The quantitative estimate of drug-likeness (QED) is 0.151. The largest absolute Gasteiger partial charge is 0.309 e. The predicted molar refractivity (Wildman–Crippen MR) is 266 cm³/mol. The zero-order chi connectivity index (χ0) is 41.4. The zero-order valence-electron chi connectivity index (χ0n) is 34.4. The fourth-order valence-corrected chi connectivity index (χ4v) is 11.3. The lowest BCUT2D eigenvalue weighted by Gasteiger charge is -2.30. The van der Waals surface area contributed by atoms with Crippen LogP contribution < -0.4 is 9.80 Å². The summed E-state index contributed by atoms with van der Waals surface area (Å²) in [5.74, 6) is 0. The van der Waals surface area contributed by atoms with Crippen LogP contribution in [0, 0.1) is 0 Å². The summed E-state index contributed by atoms with van der Waals surface area (Å²) in [6, 6.07) is 73.9. The number of anilines is 6. The van der Waals surface area contributed by atoms with Gasteiger partial charge in [0.1, 0.15) is 0 Å². The number of fused-ring (bicyclic) bond motifs is 7. The Morgan fingerprint density at radius 2 is 1.03 bits per heavy atom. The number of rotatable bonds is 8. The van der Waals surface area contributed by atoms with E-state index >= 15 is 0 Å². The highest BCUT2D eigenvalue weighted by Gasteiger charge is 2.36. The van der Waals surface area contributed by atoms with Crippen LogP contribution in [0.2, 0.25) is 0 Å². The number of thiophene rings is 2. The third kappa shape index (κ3) is 5.92. The van der Waals surface area contributed by atoms with Crippen molar-refractivity contribution < 1.29 is 0 Å². The SMILES string of the molecule is CC1(C)c2ccccc2-c2ccc(N(c3cc(-c4ccc5c(c4)c4ccccc4n5-c4ccccc4)cc(N(c4ccc5ccccc5c4)c4cccs4)c3)c3cccs3)cc21. The van der Waals surface area contributed by atoms with Crippen LogP contribution in [0.4, 0.5) is 32.8 Å². The highest BCUT2D eigenvalue weighted by Crippen LogP contribution is 2.52. The molecule has 0 spiro atoms. The molecule has 3 aromatic heterocycles. The van der Waals surface area contributed by atoms with Gasteiger partial charge < -0.3 is 14.4 Å². The summed E-state index contributed by atoms with van der Waals surface area (Å²) < 4.78 is 2.39. The van der Waals surface area contributed by atoms with E-state index in [4.69, 9.17) is 0 Å². The number of para-hydroxylation sites is 2. The predicted octanol–water partition coefficient (Wildman–Crippen LogP) is 17.0. The lowest BCUT2D eigenvalue weighted by molar-refractivity contribution is 0.660. The van der Waals surface area contributed by atoms with E-state index in [-0.39, 0.29) is 5.41 Å². The molecule has 0 radical (unpaired) electrons. The van der Waals surface area contributed by atoms with Gasteiger partial charge in [-0.15, -0.1) is 22.7 Å². The second-order valence-corrected chi connectivity index (χ2v) is 18.5. The van der Waals surface area contributed by atoms with Crippen molar-refractivity contribution >= 4 is 88.0 Å². The van der Waals surface area contributed by atoms with Crippen LogP contribution in [-0.2, 0) is 5.41 Å². The van der Waals surface area contributed by atoms with Crippen molar-refractivity contribution in [2.75, 3.05) is 9.80 Å². The fourth-order valence-electron chi connectivity index (χ4n) is 9.78. The van der Waals surface area contributed by atoms with Crippen molar-refractivity contribution in [1.82, 2.24) is 4.57 Å². The number of aromatic nitrogens is 1. The minimum atomic E-state index is -0.129. The molecule has 5 heteroatoms. The standard InChI is InChI=1S/C57H41N3S2/c1-57(2)51-20-10-8-18-47(51)48-28-27-44(37-52(48)57)59(56-23-13-31-62-56)46-34-41(33-45(36-46)58(55-22-12-30-61-55)43-26-24-38-14-6-7-15-39(38)32-43)40-25-29-54-50(35-40)49-19-9-11-21-53(49)60(54)42-16-4-3-5-17-42/h3-37H,1-2H3. The lowest BCUT2D eigenvalue weighted by Crippen LogP contribution is -2.16. The van der Waals surface area contributed by atoms with Gasteiger partial charge in [0.25, 0.3) is 0 Å². The van der Waals surface area contributed by atoms with E-state index < -0.39 is 0 Å². The molecule has 0 bridgehead atoms. The van der Waals surface area contributed by atoms with Gasteiger partial charge in [0, 0.05) is 44.6 Å². The van der Waals surface area contributed by atoms with E-state index in [1.54, 1.807) is 22.7 Å². The van der Waals surface area contributed by atoms with Crippen molar-refractivity contribution in [2.45, 2.75) is 19.3 Å². The maximum absolute atomic E-state index is 2.46. The van der Waals surface area contributed by atoms with E-state index in [2.05, 4.69) is 239 Å². The first-order valence-corrected chi connectivity index (χ1v) is 22.9. The Bertz CT molecular complexity index is 3450. The molecule has 3 heterocycles. The van der Waals surface area contributed by atoms with Gasteiger partial charge in [-0.05, 0) is 152 Å². The molecule has 12 rings (SSSR count). The van der Waals surface area contributed by atoms with Gasteiger partial charge in [-0.25, -0.2) is 0 Å². The summed E-state index contributed by atoms with van der Waals surface area (Å²) in [6.45, 7) is 4.73. The lowest BCUT2D eigenvalue weighted by atomic mass is 9.82. The average Bonchev–Trinajstić information content (AvgIpc) is 4.14. The van der Waals surface area contributed by atoms with Gasteiger partial charge in [-0.2, -0.15) is 0 Å². The highest BCUT2D eigenvalue weighted by atomic mass is 32.1. The molecule has 0 atom stereocenters. The molecule has 0 unspecified atom stereocenters. The van der Waals surface area contributed by atoms with Gasteiger partial charge in [0.15, 0.2) is 0 Å². The number of nitrogens with zero attached hydrogens (tertiary/aromatic N) is 3. The second kappa shape index (κ2) is 14.5. The van der Waals surface area contributed by atoms with Gasteiger partial charge >= 0.3 is 0 Å². The Morgan fingerprint density at radius 1 is 0.403 bits per heavy atom. The molecule has 0 fully saturated rings. The molecule has 0 amide bonds. The van der Waals surface area contributed by atoms with Gasteiger partial charge in [-0.3, -0.25) is 0 Å². The van der Waals surface area contributed by atoms with E-state index in [9.17, 15) is 0 Å². The molecule has 3 nitrogen and oxygen atoms in total. The summed E-state index contributed by atoms with van der Waals surface area (Å²) in [4.78, 5) is 4.89. The normalized spacial score (nSPS) is 12.8. The Hall–Kier alpha value is -7.18. The summed E-state index contributed by atoms with van der Waals surface area (Å²) in [7, 11) is 0. The molecule has 8 aromatic carbocycles. The molecular weight excluding hydrogens is 791 g/mol. The Morgan fingerprint density at radius 3 is 1.79 bits per heavy atom. The Labute approximate surface area is 369 Å².